The lowest BCUT2D eigenvalue weighted by molar-refractivity contribution is 0.0692. The van der Waals surface area contributed by atoms with Crippen molar-refractivity contribution in [2.75, 3.05) is 40.3 Å². The van der Waals surface area contributed by atoms with E-state index in [1.165, 1.54) is 12.8 Å². The lowest BCUT2D eigenvalue weighted by atomic mass is 9.99. The van der Waals surface area contributed by atoms with Crippen LogP contribution in [0.1, 0.15) is 47.5 Å². The summed E-state index contributed by atoms with van der Waals surface area (Å²) in [4.78, 5) is 26.8. The van der Waals surface area contributed by atoms with Gasteiger partial charge in [-0.25, -0.2) is 4.98 Å². The third-order valence-electron chi connectivity index (χ3n) is 5.51. The average Bonchev–Trinajstić information content (AvgIpc) is 3.29. The zero-order valence-electron chi connectivity index (χ0n) is 17.6. The molecule has 0 aromatic carbocycles. The van der Waals surface area contributed by atoms with Crippen LogP contribution in [0.25, 0.3) is 0 Å². The van der Waals surface area contributed by atoms with Gasteiger partial charge in [0, 0.05) is 18.8 Å². The minimum atomic E-state index is -0.0808. The van der Waals surface area contributed by atoms with Gasteiger partial charge in [0.1, 0.15) is 5.76 Å². The molecular weight excluding hydrogens is 354 g/mol. The van der Waals surface area contributed by atoms with Crippen LogP contribution in [0.3, 0.4) is 0 Å². The topological polar surface area (TPSA) is 68.6 Å². The van der Waals surface area contributed by atoms with Crippen molar-refractivity contribution in [3.63, 3.8) is 0 Å². The van der Waals surface area contributed by atoms with Gasteiger partial charge in [-0.05, 0) is 65.0 Å². The van der Waals surface area contributed by atoms with E-state index >= 15 is 0 Å². The predicted octanol–water partition coefficient (Wildman–Crippen LogP) is 2.75. The van der Waals surface area contributed by atoms with E-state index in [0.717, 1.165) is 49.2 Å². The van der Waals surface area contributed by atoms with Crippen molar-refractivity contribution in [3.05, 3.63) is 41.4 Å². The fourth-order valence-corrected chi connectivity index (χ4v) is 3.47. The monoisotopic (exact) mass is 387 g/mol. The summed E-state index contributed by atoms with van der Waals surface area (Å²) < 4.78 is 5.94. The molecule has 0 radical (unpaired) electrons. The predicted molar refractivity (Wildman–Crippen MR) is 109 cm³/mol. The molecule has 0 atom stereocenters. The number of rotatable bonds is 8. The van der Waals surface area contributed by atoms with Gasteiger partial charge in [-0.1, -0.05) is 6.92 Å². The molecule has 0 spiro atoms. The molecule has 1 fully saturated rings. The molecule has 2 aromatic rings. The van der Waals surface area contributed by atoms with Crippen LogP contribution in [-0.4, -0.2) is 70.8 Å². The number of nitrogens with zero attached hydrogens (tertiary/aromatic N) is 4. The number of furan rings is 1. The molecule has 0 aliphatic carbocycles. The number of piperidine rings is 1. The van der Waals surface area contributed by atoms with Gasteiger partial charge in [0.05, 0.1) is 25.1 Å². The molecule has 0 unspecified atom stereocenters. The summed E-state index contributed by atoms with van der Waals surface area (Å²) in [6.45, 7) is 9.13. The zero-order valence-corrected chi connectivity index (χ0v) is 17.6. The summed E-state index contributed by atoms with van der Waals surface area (Å²) in [5.74, 6) is 2.00. The molecule has 0 saturated carbocycles. The second kappa shape index (κ2) is 9.39. The number of likely N-dealkylation sites (tertiary alicyclic amines) is 1. The molecule has 7 heteroatoms. The number of hydrogen-bond donors (Lipinski definition) is 1. The number of aromatic nitrogens is 2. The third kappa shape index (κ3) is 5.45. The maximum Gasteiger partial charge on any atom is 0.289 e. The Morgan fingerprint density at radius 2 is 2.04 bits per heavy atom. The first-order valence-corrected chi connectivity index (χ1v) is 10.2. The van der Waals surface area contributed by atoms with Crippen molar-refractivity contribution in [2.45, 2.75) is 39.8 Å². The van der Waals surface area contributed by atoms with Gasteiger partial charge in [0.25, 0.3) is 5.91 Å². The number of nitrogens with one attached hydrogen (secondary N) is 1. The van der Waals surface area contributed by atoms with Gasteiger partial charge in [0.15, 0.2) is 5.76 Å². The molecule has 1 saturated heterocycles. The molecule has 1 aliphatic heterocycles. The molecule has 3 rings (SSSR count). The molecule has 154 valence electrons. The summed E-state index contributed by atoms with van der Waals surface area (Å²) in [5, 5.41) is 0. The Bertz CT molecular complexity index is 758. The molecule has 1 N–H and O–H groups in total. The minimum absolute atomic E-state index is 0.0808. The zero-order chi connectivity index (χ0) is 20.1. The van der Waals surface area contributed by atoms with Crippen LogP contribution in [0.4, 0.5) is 0 Å². The molecule has 1 amide bonds. The minimum Gasteiger partial charge on any atom is -0.455 e. The smallest absolute Gasteiger partial charge is 0.289 e. The van der Waals surface area contributed by atoms with E-state index in [0.29, 0.717) is 18.8 Å². The van der Waals surface area contributed by atoms with Crippen LogP contribution in [-0.2, 0) is 13.1 Å². The van der Waals surface area contributed by atoms with E-state index in [-0.39, 0.29) is 5.91 Å². The first kappa shape index (κ1) is 20.6. The van der Waals surface area contributed by atoms with Crippen molar-refractivity contribution in [1.29, 1.82) is 0 Å². The van der Waals surface area contributed by atoms with Crippen molar-refractivity contribution in [1.82, 2.24) is 24.7 Å². The first-order chi connectivity index (χ1) is 13.4. The summed E-state index contributed by atoms with van der Waals surface area (Å²) in [5.41, 5.74) is 1.88. The number of amides is 1. The molecule has 3 heterocycles. The van der Waals surface area contributed by atoms with Crippen LogP contribution in [0.15, 0.2) is 22.9 Å². The highest BCUT2D eigenvalue weighted by molar-refractivity contribution is 5.91. The van der Waals surface area contributed by atoms with E-state index in [4.69, 9.17) is 4.42 Å². The maximum atomic E-state index is 13.1. The molecular formula is C21H33N5O2. The van der Waals surface area contributed by atoms with Gasteiger partial charge >= 0.3 is 0 Å². The van der Waals surface area contributed by atoms with Crippen LogP contribution >= 0.6 is 0 Å². The largest absolute Gasteiger partial charge is 0.455 e. The number of carbonyl (C=O) groups excluding carboxylic acids is 1. The summed E-state index contributed by atoms with van der Waals surface area (Å²) >= 11 is 0. The lowest BCUT2D eigenvalue weighted by Crippen LogP contribution is -2.36. The Morgan fingerprint density at radius 3 is 2.68 bits per heavy atom. The third-order valence-corrected chi connectivity index (χ3v) is 5.51. The van der Waals surface area contributed by atoms with E-state index < -0.39 is 0 Å². The van der Waals surface area contributed by atoms with Crippen molar-refractivity contribution in [3.8, 4) is 0 Å². The summed E-state index contributed by atoms with van der Waals surface area (Å²) in [7, 11) is 4.01. The SMILES string of the molecule is Cc1[nH]cnc1CN(CCN(C)C)C(=O)c1ccc(CN2CCC(C)CC2)o1. The van der Waals surface area contributed by atoms with E-state index in [1.807, 2.05) is 38.1 Å². The molecule has 28 heavy (non-hydrogen) atoms. The highest BCUT2D eigenvalue weighted by Gasteiger charge is 2.22. The Kier molecular flexibility index (Phi) is 6.91. The Morgan fingerprint density at radius 1 is 1.29 bits per heavy atom. The highest BCUT2D eigenvalue weighted by Crippen LogP contribution is 2.20. The van der Waals surface area contributed by atoms with Crippen molar-refractivity contribution < 1.29 is 9.21 Å². The van der Waals surface area contributed by atoms with E-state index in [2.05, 4.69) is 26.7 Å². The van der Waals surface area contributed by atoms with Gasteiger partial charge in [-0.15, -0.1) is 0 Å². The van der Waals surface area contributed by atoms with Crippen LogP contribution in [0.5, 0.6) is 0 Å². The molecule has 0 bridgehead atoms. The van der Waals surface area contributed by atoms with Gasteiger partial charge in [0.2, 0.25) is 0 Å². The normalized spacial score (nSPS) is 16.0. The molecule has 2 aromatic heterocycles. The lowest BCUT2D eigenvalue weighted by Gasteiger charge is -2.29. The standard InChI is InChI=1S/C21H33N5O2/c1-16-7-9-25(10-8-16)13-18-5-6-20(28-18)21(27)26(12-11-24(3)4)14-19-17(2)22-15-23-19/h5-6,15-16H,7-14H2,1-4H3,(H,22,23). The Hall–Kier alpha value is -2.12. The van der Waals surface area contributed by atoms with E-state index in [9.17, 15) is 4.79 Å². The van der Waals surface area contributed by atoms with Gasteiger partial charge < -0.3 is 19.2 Å². The second-order valence-corrected chi connectivity index (χ2v) is 8.23. The van der Waals surface area contributed by atoms with Crippen molar-refractivity contribution in [2.24, 2.45) is 5.92 Å². The number of imidazole rings is 1. The summed E-state index contributed by atoms with van der Waals surface area (Å²) in [6, 6.07) is 3.75. The van der Waals surface area contributed by atoms with Crippen LogP contribution in [0.2, 0.25) is 0 Å². The van der Waals surface area contributed by atoms with Crippen LogP contribution in [0, 0.1) is 12.8 Å². The number of carbonyl (C=O) groups is 1. The second-order valence-electron chi connectivity index (χ2n) is 8.23. The maximum absolute atomic E-state index is 13.1. The highest BCUT2D eigenvalue weighted by atomic mass is 16.4. The number of hydrogen-bond acceptors (Lipinski definition) is 5. The average molecular weight is 388 g/mol. The molecule has 7 nitrogen and oxygen atoms in total. The number of H-pyrrole nitrogens is 1. The molecule has 1 aliphatic rings. The van der Waals surface area contributed by atoms with E-state index in [1.54, 1.807) is 6.33 Å². The first-order valence-electron chi connectivity index (χ1n) is 10.2. The number of aryl methyl sites for hydroxylation is 1. The Labute approximate surface area is 167 Å². The fraction of sp³-hybridized carbons (Fsp3) is 0.619. The quantitative estimate of drug-likeness (QED) is 0.754. The van der Waals surface area contributed by atoms with Crippen molar-refractivity contribution >= 4 is 5.91 Å². The fourth-order valence-electron chi connectivity index (χ4n) is 3.47. The Balaban J connectivity index is 1.66. The van der Waals surface area contributed by atoms with Gasteiger partial charge in [-0.3, -0.25) is 9.69 Å². The number of aromatic amines is 1. The van der Waals surface area contributed by atoms with Crippen LogP contribution < -0.4 is 0 Å². The number of likely N-dealkylation sites (N-methyl/N-ethyl adjacent to an activating group) is 1. The van der Waals surface area contributed by atoms with Gasteiger partial charge in [-0.2, -0.15) is 0 Å². The summed E-state index contributed by atoms with van der Waals surface area (Å²) in [6.07, 6.45) is 4.13.